The van der Waals surface area contributed by atoms with Gasteiger partial charge in [0.05, 0.1) is 12.1 Å². The second-order valence-corrected chi connectivity index (χ2v) is 15.0. The van der Waals surface area contributed by atoms with Crippen molar-refractivity contribution in [3.63, 3.8) is 0 Å². The molecular weight excluding hydrogens is 785 g/mol. The number of hydrogen-bond donors (Lipinski definition) is 5. The second-order valence-electron chi connectivity index (χ2n) is 15.0. The monoisotopic (exact) mass is 847 g/mol. The van der Waals surface area contributed by atoms with E-state index < -0.39 is 41.9 Å². The summed E-state index contributed by atoms with van der Waals surface area (Å²) in [7, 11) is 1.81. The van der Waals surface area contributed by atoms with Crippen LogP contribution in [0.3, 0.4) is 0 Å². The number of nitrogens with zero attached hydrogens (tertiary/aromatic N) is 2. The molecule has 1 heterocycles. The highest BCUT2D eigenvalue weighted by molar-refractivity contribution is 5.95. The van der Waals surface area contributed by atoms with E-state index in [1.165, 1.54) is 0 Å². The lowest BCUT2D eigenvalue weighted by atomic mass is 9.99. The van der Waals surface area contributed by atoms with Gasteiger partial charge in [-0.15, -0.1) is 37.2 Å². The van der Waals surface area contributed by atoms with Gasteiger partial charge in [-0.2, -0.15) is 0 Å². The molecule has 316 valence electrons. The molecule has 0 bridgehead atoms. The molecule has 4 rings (SSSR count). The van der Waals surface area contributed by atoms with Crippen molar-refractivity contribution in [2.45, 2.75) is 95.4 Å². The van der Waals surface area contributed by atoms with Gasteiger partial charge in [0.2, 0.25) is 23.6 Å². The van der Waals surface area contributed by atoms with Crippen LogP contribution in [-0.4, -0.2) is 90.8 Å². The fourth-order valence-corrected chi connectivity index (χ4v) is 7.03. The normalized spacial score (nSPS) is 15.0. The van der Waals surface area contributed by atoms with Gasteiger partial charge in [-0.3, -0.25) is 19.2 Å². The Bertz CT molecular complexity index is 1600. The number of likely N-dealkylation sites (N-methyl/N-ethyl adjacent to an activating group) is 1. The summed E-state index contributed by atoms with van der Waals surface area (Å²) in [5.41, 5.74) is 14.9. The highest BCUT2D eigenvalue weighted by Gasteiger charge is 2.34. The molecule has 0 saturated carbocycles. The fourth-order valence-electron chi connectivity index (χ4n) is 7.03. The molecule has 14 heteroatoms. The predicted molar refractivity (Wildman–Crippen MR) is 236 cm³/mol. The predicted octanol–water partition coefficient (Wildman–Crippen LogP) is 4.99. The SMILES string of the molecule is CC(C)C[C@@H](NC(=O)[C@@H](Cc1ccccc1)NC(=O)[C@H](N)Cc1ccccc1)C(=O)N[C@H](CCCCN)C(=O)N(C)[C@H](CN1CCCC1)c1ccccc1.Cl.Cl.Cl. The third-order valence-corrected chi connectivity index (χ3v) is 10.1. The zero-order valence-corrected chi connectivity index (χ0v) is 36.0. The average Bonchev–Trinajstić information content (AvgIpc) is 3.70. The molecule has 0 radical (unpaired) electrons. The highest BCUT2D eigenvalue weighted by Crippen LogP contribution is 2.24. The largest absolute Gasteiger partial charge is 0.343 e. The summed E-state index contributed by atoms with van der Waals surface area (Å²) in [4.78, 5) is 60.1. The van der Waals surface area contributed by atoms with Gasteiger partial charge in [0.15, 0.2) is 0 Å². The fraction of sp³-hybridized carbons (Fsp3) is 0.488. The van der Waals surface area contributed by atoms with E-state index in [0.717, 1.165) is 42.6 Å². The lowest BCUT2D eigenvalue weighted by Gasteiger charge is -2.35. The van der Waals surface area contributed by atoms with Crippen LogP contribution in [0, 0.1) is 5.92 Å². The number of rotatable bonds is 21. The van der Waals surface area contributed by atoms with Gasteiger partial charge >= 0.3 is 0 Å². The van der Waals surface area contributed by atoms with Gasteiger partial charge in [-0.25, -0.2) is 0 Å². The minimum atomic E-state index is -0.991. The number of benzene rings is 3. The lowest BCUT2D eigenvalue weighted by molar-refractivity contribution is -0.139. The first-order chi connectivity index (χ1) is 26.0. The average molecular weight is 849 g/mol. The number of likely N-dealkylation sites (tertiary alicyclic amines) is 1. The molecule has 1 aliphatic rings. The van der Waals surface area contributed by atoms with Crippen molar-refractivity contribution in [1.29, 1.82) is 0 Å². The smallest absolute Gasteiger partial charge is 0.245 e. The van der Waals surface area contributed by atoms with E-state index in [1.807, 2.05) is 112 Å². The first kappa shape index (κ1) is 51.3. The molecule has 5 atom stereocenters. The molecule has 1 fully saturated rings. The van der Waals surface area contributed by atoms with Crippen molar-refractivity contribution in [3.8, 4) is 0 Å². The van der Waals surface area contributed by atoms with Crippen molar-refractivity contribution in [2.75, 3.05) is 33.2 Å². The van der Waals surface area contributed by atoms with Crippen LogP contribution in [0.25, 0.3) is 0 Å². The van der Waals surface area contributed by atoms with Crippen molar-refractivity contribution >= 4 is 60.8 Å². The standard InChI is InChI=1S/C43H61N7O4.3ClH/c1-31(2)27-37(48-42(53)38(29-33-19-9-5-10-20-33)47-40(51)35(45)28-32-17-7-4-8-18-32)41(52)46-36(23-13-14-24-44)43(54)49(3)39(30-50-25-15-16-26-50)34-21-11-6-12-22-34;;;/h4-12,17-22,31,35-39H,13-16,23-30,44-45H2,1-3H3,(H,46,52)(H,47,51)(H,48,53);3*1H/t35-,36-,37-,38-,39-;;;/m1.../s1. The van der Waals surface area contributed by atoms with Crippen LogP contribution < -0.4 is 27.4 Å². The van der Waals surface area contributed by atoms with Gasteiger partial charge in [0, 0.05) is 20.0 Å². The van der Waals surface area contributed by atoms with Crippen LogP contribution in [0.1, 0.15) is 75.1 Å². The van der Waals surface area contributed by atoms with Crippen LogP contribution in [0.15, 0.2) is 91.0 Å². The van der Waals surface area contributed by atoms with Gasteiger partial charge in [-0.1, -0.05) is 105 Å². The zero-order valence-electron chi connectivity index (χ0n) is 33.5. The maximum atomic E-state index is 14.4. The molecule has 0 spiro atoms. The summed E-state index contributed by atoms with van der Waals surface area (Å²) in [6.07, 6.45) is 4.88. The first-order valence-electron chi connectivity index (χ1n) is 19.5. The minimum Gasteiger partial charge on any atom is -0.343 e. The Morgan fingerprint density at radius 1 is 0.684 bits per heavy atom. The van der Waals surface area contributed by atoms with E-state index in [-0.39, 0.29) is 61.5 Å². The molecule has 1 saturated heterocycles. The maximum absolute atomic E-state index is 14.4. The Kier molecular flexibility index (Phi) is 24.4. The van der Waals surface area contributed by atoms with Gasteiger partial charge in [0.25, 0.3) is 0 Å². The molecule has 11 nitrogen and oxygen atoms in total. The number of nitrogens with one attached hydrogen (secondary N) is 3. The summed E-state index contributed by atoms with van der Waals surface area (Å²) in [6, 6.07) is 25.0. The van der Waals surface area contributed by atoms with Crippen LogP contribution in [0.2, 0.25) is 0 Å². The van der Waals surface area contributed by atoms with Crippen molar-refractivity contribution in [2.24, 2.45) is 17.4 Å². The molecule has 0 aliphatic carbocycles. The third kappa shape index (κ3) is 17.0. The Labute approximate surface area is 358 Å². The van der Waals surface area contributed by atoms with Crippen molar-refractivity contribution in [3.05, 3.63) is 108 Å². The van der Waals surface area contributed by atoms with E-state index in [9.17, 15) is 19.2 Å². The summed E-state index contributed by atoms with van der Waals surface area (Å²) in [5.74, 6) is -1.56. The number of amides is 4. The number of nitrogens with two attached hydrogens (primary N) is 2. The van der Waals surface area contributed by atoms with Crippen LogP contribution >= 0.6 is 37.2 Å². The summed E-state index contributed by atoms with van der Waals surface area (Å²) >= 11 is 0. The van der Waals surface area contributed by atoms with Crippen LogP contribution in [-0.2, 0) is 32.0 Å². The van der Waals surface area contributed by atoms with E-state index in [0.29, 0.717) is 45.2 Å². The van der Waals surface area contributed by atoms with Gasteiger partial charge in [-0.05, 0) is 87.2 Å². The number of unbranched alkanes of at least 4 members (excludes halogenated alkanes) is 1. The second kappa shape index (κ2) is 27.1. The van der Waals surface area contributed by atoms with Gasteiger partial charge in [0.1, 0.15) is 18.1 Å². The number of carbonyl (C=O) groups excluding carboxylic acids is 4. The first-order valence-corrected chi connectivity index (χ1v) is 19.5. The van der Waals surface area contributed by atoms with Crippen LogP contribution in [0.5, 0.6) is 0 Å². The molecule has 1 aliphatic heterocycles. The summed E-state index contributed by atoms with van der Waals surface area (Å²) in [5, 5.41) is 8.84. The summed E-state index contributed by atoms with van der Waals surface area (Å²) in [6.45, 7) is 7.09. The highest BCUT2D eigenvalue weighted by atomic mass is 35.5. The Morgan fingerprint density at radius 3 is 1.72 bits per heavy atom. The topological polar surface area (TPSA) is 163 Å². The van der Waals surface area contributed by atoms with Crippen molar-refractivity contribution in [1.82, 2.24) is 25.8 Å². The molecule has 0 unspecified atom stereocenters. The molecule has 3 aromatic rings. The summed E-state index contributed by atoms with van der Waals surface area (Å²) < 4.78 is 0. The molecule has 0 aromatic heterocycles. The van der Waals surface area contributed by atoms with E-state index in [2.05, 4.69) is 20.9 Å². The van der Waals surface area contributed by atoms with Crippen LogP contribution in [0.4, 0.5) is 0 Å². The Hall–Kier alpha value is -3.71. The number of carbonyl (C=O) groups is 4. The quantitative estimate of drug-likeness (QED) is 0.0945. The molecule has 7 N–H and O–H groups in total. The molecule has 4 amide bonds. The Morgan fingerprint density at radius 2 is 1.18 bits per heavy atom. The maximum Gasteiger partial charge on any atom is 0.245 e. The molecule has 57 heavy (non-hydrogen) atoms. The minimum absolute atomic E-state index is 0. The zero-order chi connectivity index (χ0) is 38.9. The van der Waals surface area contributed by atoms with E-state index in [1.54, 1.807) is 4.90 Å². The molecule has 3 aromatic carbocycles. The van der Waals surface area contributed by atoms with Crippen molar-refractivity contribution < 1.29 is 19.2 Å². The Balaban J connectivity index is 0.00000541. The number of hydrogen-bond acceptors (Lipinski definition) is 7. The van der Waals surface area contributed by atoms with E-state index in [4.69, 9.17) is 11.5 Å². The molecular formula is C43H64Cl3N7O4. The third-order valence-electron chi connectivity index (χ3n) is 10.1. The van der Waals surface area contributed by atoms with Gasteiger partial charge < -0.3 is 37.2 Å². The van der Waals surface area contributed by atoms with E-state index >= 15 is 0 Å². The number of halogens is 3. The lowest BCUT2D eigenvalue weighted by Crippen LogP contribution is -2.58.